The van der Waals surface area contributed by atoms with E-state index >= 15 is 0 Å². The zero-order valence-electron chi connectivity index (χ0n) is 24.6. The van der Waals surface area contributed by atoms with Gasteiger partial charge in [0.1, 0.15) is 0 Å². The molecule has 0 N–H and O–H groups in total. The lowest BCUT2D eigenvalue weighted by Crippen LogP contribution is -2.65. The summed E-state index contributed by atoms with van der Waals surface area (Å²) in [5.74, 6) is 0.377. The van der Waals surface area contributed by atoms with Gasteiger partial charge < -0.3 is 4.74 Å². The summed E-state index contributed by atoms with van der Waals surface area (Å²) in [6, 6.07) is 0. The minimum Gasteiger partial charge on any atom is -0.469 e. The third-order valence-corrected chi connectivity index (χ3v) is 13.2. The van der Waals surface area contributed by atoms with Crippen LogP contribution in [-0.2, 0) is 14.3 Å². The van der Waals surface area contributed by atoms with Crippen LogP contribution in [0.5, 0.6) is 0 Å². The van der Waals surface area contributed by atoms with Gasteiger partial charge in [-0.3, -0.25) is 9.59 Å². The van der Waals surface area contributed by atoms with Crippen LogP contribution in [0.3, 0.4) is 0 Å². The van der Waals surface area contributed by atoms with Gasteiger partial charge in [0.2, 0.25) is 0 Å². The molecule has 4 heteroatoms. The second-order valence-corrected chi connectivity index (χ2v) is 15.4. The van der Waals surface area contributed by atoms with E-state index in [1.165, 1.54) is 18.3 Å². The summed E-state index contributed by atoms with van der Waals surface area (Å²) in [4.78, 5) is 31.9. The number of carbonyl (C=O) groups is 2. The molecule has 0 aliphatic heterocycles. The first-order valence-corrected chi connectivity index (χ1v) is 14.5. The van der Waals surface area contributed by atoms with Crippen LogP contribution >= 0.6 is 0 Å². The molecular weight excluding hydrogens is 458 g/mol. The van der Waals surface area contributed by atoms with Crippen LogP contribution in [-0.4, -0.2) is 18.9 Å². The Hall–Kier alpha value is -1.89. The number of ketones is 1. The van der Waals surface area contributed by atoms with Crippen molar-refractivity contribution in [1.82, 2.24) is 0 Å². The van der Waals surface area contributed by atoms with E-state index in [9.17, 15) is 9.59 Å². The van der Waals surface area contributed by atoms with Gasteiger partial charge >= 0.3 is 5.97 Å². The first kappa shape index (κ1) is 26.7. The fourth-order valence-electron chi connectivity index (χ4n) is 10.6. The Balaban J connectivity index is 1.68. The largest absolute Gasteiger partial charge is 0.469 e. The highest BCUT2D eigenvalue weighted by Crippen LogP contribution is 2.75. The van der Waals surface area contributed by atoms with E-state index in [0.717, 1.165) is 57.1 Å². The standard InChI is InChI=1S/C33H47NO3/c1-20-22(34-9)19-30(6)24(29(20,4)5)11-12-31(7)25(30)17-23(35)26-21-18-28(2,3)13-15-33(21,27(36)37-10)16-14-32(26,31)8/h17,21,24,26H,11-16,18-19H2,1-8,10H3/t21-,24-,26-,30-,31+,32+,33-/m0/s1. The van der Waals surface area contributed by atoms with Crippen molar-refractivity contribution in [3.8, 4) is 0 Å². The third kappa shape index (κ3) is 3.18. The van der Waals surface area contributed by atoms with E-state index < -0.39 is 5.41 Å². The van der Waals surface area contributed by atoms with Gasteiger partial charge in [0.05, 0.1) is 19.1 Å². The molecule has 0 heterocycles. The topological polar surface area (TPSA) is 47.7 Å². The summed E-state index contributed by atoms with van der Waals surface area (Å²) >= 11 is 0. The zero-order valence-corrected chi connectivity index (χ0v) is 24.6. The van der Waals surface area contributed by atoms with E-state index in [2.05, 4.69) is 60.2 Å². The first-order valence-electron chi connectivity index (χ1n) is 14.5. The lowest BCUT2D eigenvalue weighted by atomic mass is 9.34. The van der Waals surface area contributed by atoms with Crippen LogP contribution in [0, 0.1) is 56.8 Å². The van der Waals surface area contributed by atoms with Gasteiger partial charge in [-0.2, -0.15) is 0 Å². The molecule has 7 atom stereocenters. The molecule has 0 unspecified atom stereocenters. The summed E-state index contributed by atoms with van der Waals surface area (Å²) in [7, 11) is 1.51. The highest BCUT2D eigenvalue weighted by molar-refractivity contribution is 5.96. The molecule has 5 aliphatic carbocycles. The van der Waals surface area contributed by atoms with Crippen LogP contribution in [0.15, 0.2) is 22.9 Å². The number of ether oxygens (including phenoxy) is 1. The molecule has 5 rings (SSSR count). The maximum absolute atomic E-state index is 14.4. The highest BCUT2D eigenvalue weighted by Gasteiger charge is 2.70. The predicted octanol–water partition coefficient (Wildman–Crippen LogP) is 7.94. The fraction of sp³-hybridized carbons (Fsp3) is 0.788. The molecule has 0 spiro atoms. The number of allylic oxidation sites excluding steroid dienone is 4. The maximum atomic E-state index is 14.4. The van der Waals surface area contributed by atoms with E-state index in [-0.39, 0.29) is 50.7 Å². The quantitative estimate of drug-likeness (QED) is 0.268. The Bertz CT molecular complexity index is 1170. The Kier molecular flexibility index (Phi) is 5.65. The third-order valence-electron chi connectivity index (χ3n) is 13.2. The summed E-state index contributed by atoms with van der Waals surface area (Å²) in [5, 5.41) is 0. The number of methoxy groups -OCH3 is 1. The van der Waals surface area contributed by atoms with Crippen LogP contribution in [0.4, 0.5) is 0 Å². The average molecular weight is 506 g/mol. The molecule has 202 valence electrons. The summed E-state index contributed by atoms with van der Waals surface area (Å²) in [6.07, 6.45) is 9.31. The highest BCUT2D eigenvalue weighted by atomic mass is 16.5. The van der Waals surface area contributed by atoms with Gasteiger partial charge in [0.25, 0.3) is 0 Å². The number of carbonyl (C=O) groups excluding carboxylic acids is 2. The second kappa shape index (κ2) is 7.83. The Morgan fingerprint density at radius 2 is 1.68 bits per heavy atom. The number of rotatable bonds is 1. The van der Waals surface area contributed by atoms with Crippen molar-refractivity contribution in [3.05, 3.63) is 34.3 Å². The molecule has 0 aromatic heterocycles. The normalized spacial score (nSPS) is 45.9. The molecule has 3 fully saturated rings. The molecule has 0 amide bonds. The van der Waals surface area contributed by atoms with Gasteiger partial charge in [0, 0.05) is 5.92 Å². The van der Waals surface area contributed by atoms with Gasteiger partial charge in [-0.05, 0) is 96.4 Å². The van der Waals surface area contributed by atoms with Crippen molar-refractivity contribution in [2.45, 2.75) is 107 Å². The first-order chi connectivity index (χ1) is 17.0. The van der Waals surface area contributed by atoms with Crippen molar-refractivity contribution < 1.29 is 14.3 Å². The lowest BCUT2D eigenvalue weighted by molar-refractivity contribution is -0.191. The second-order valence-electron chi connectivity index (χ2n) is 15.4. The van der Waals surface area contributed by atoms with Crippen LogP contribution in [0.1, 0.15) is 107 Å². The summed E-state index contributed by atoms with van der Waals surface area (Å²) < 4.78 is 5.44. The summed E-state index contributed by atoms with van der Waals surface area (Å²) in [6.45, 7) is 26.5. The molecule has 5 aliphatic rings. The number of fused-ring (bicyclic) bond motifs is 7. The van der Waals surface area contributed by atoms with Crippen molar-refractivity contribution >= 4 is 11.8 Å². The molecule has 3 saturated carbocycles. The Morgan fingerprint density at radius 3 is 2.30 bits per heavy atom. The fourth-order valence-corrected chi connectivity index (χ4v) is 10.6. The molecule has 37 heavy (non-hydrogen) atoms. The van der Waals surface area contributed by atoms with Gasteiger partial charge in [-0.25, -0.2) is 4.85 Å². The van der Waals surface area contributed by atoms with Gasteiger partial charge in [-0.1, -0.05) is 66.5 Å². The minimum atomic E-state index is -0.545. The molecule has 0 radical (unpaired) electrons. The molecule has 0 bridgehead atoms. The predicted molar refractivity (Wildman–Crippen MR) is 146 cm³/mol. The SMILES string of the molecule is [C-]#[N+]C1=C(C)C(C)(C)[C@@H]2CC[C@]3(C)C(=CC(=O)[C@@H]4[C@@H]5CC(C)(C)CC[C@]5(C(=O)OC)CC[C@]43C)[C@@]2(C)C1. The van der Waals surface area contributed by atoms with E-state index in [4.69, 9.17) is 11.3 Å². The monoisotopic (exact) mass is 505 g/mol. The maximum Gasteiger partial charge on any atom is 0.312 e. The van der Waals surface area contributed by atoms with Crippen molar-refractivity contribution in [1.29, 1.82) is 0 Å². The molecule has 4 nitrogen and oxygen atoms in total. The molecule has 0 aromatic rings. The van der Waals surface area contributed by atoms with Gasteiger partial charge in [0.15, 0.2) is 11.5 Å². The van der Waals surface area contributed by atoms with Crippen molar-refractivity contribution in [3.63, 3.8) is 0 Å². The van der Waals surface area contributed by atoms with Crippen LogP contribution in [0.2, 0.25) is 0 Å². The number of esters is 1. The molecule has 0 saturated heterocycles. The number of hydrogen-bond donors (Lipinski definition) is 0. The Morgan fingerprint density at radius 1 is 1.03 bits per heavy atom. The van der Waals surface area contributed by atoms with Crippen molar-refractivity contribution in [2.24, 2.45) is 50.2 Å². The zero-order chi connectivity index (χ0) is 27.4. The number of hydrogen-bond acceptors (Lipinski definition) is 3. The molecule has 0 aromatic carbocycles. The van der Waals surface area contributed by atoms with Crippen LogP contribution < -0.4 is 0 Å². The number of nitrogens with zero attached hydrogens (tertiary/aromatic N) is 1. The van der Waals surface area contributed by atoms with E-state index in [0.29, 0.717) is 5.92 Å². The Labute approximate surface area is 224 Å². The van der Waals surface area contributed by atoms with E-state index in [1.54, 1.807) is 0 Å². The smallest absolute Gasteiger partial charge is 0.312 e. The van der Waals surface area contributed by atoms with E-state index in [1.807, 2.05) is 6.08 Å². The minimum absolute atomic E-state index is 0.0128. The average Bonchev–Trinajstić information content (AvgIpc) is 2.82. The lowest BCUT2D eigenvalue weighted by Gasteiger charge is -2.69. The summed E-state index contributed by atoms with van der Waals surface area (Å²) in [5.41, 5.74) is 2.35. The van der Waals surface area contributed by atoms with Gasteiger partial charge in [-0.15, -0.1) is 0 Å². The van der Waals surface area contributed by atoms with Crippen LogP contribution in [0.25, 0.3) is 4.85 Å². The molecular formula is C33H47NO3. The van der Waals surface area contributed by atoms with Crippen molar-refractivity contribution in [2.75, 3.05) is 7.11 Å².